The Balaban J connectivity index is 1.68. The van der Waals surface area contributed by atoms with Gasteiger partial charge < -0.3 is 4.74 Å². The van der Waals surface area contributed by atoms with E-state index in [0.717, 1.165) is 55.5 Å². The predicted octanol–water partition coefficient (Wildman–Crippen LogP) is 9.06. The van der Waals surface area contributed by atoms with E-state index in [2.05, 4.69) is 11.7 Å². The Morgan fingerprint density at radius 1 is 0.743 bits per heavy atom. The molecule has 0 unspecified atom stereocenters. The summed E-state index contributed by atoms with van der Waals surface area (Å²) in [4.78, 5) is 0. The Bertz CT molecular complexity index is 1340. The smallest absolute Gasteiger partial charge is 0.387 e. The van der Waals surface area contributed by atoms with Crippen molar-refractivity contribution < 1.29 is 31.1 Å². The van der Waals surface area contributed by atoms with Gasteiger partial charge >= 0.3 is 6.61 Å². The second-order valence-corrected chi connectivity index (χ2v) is 8.28. The molecule has 4 rings (SSSR count). The SMILES string of the molecule is CCCCCc1ccc2c(F)c(-c3cc(F)c(-c4ccc(OC(F)F)c(F)c4)c(F)c3)ccc2c1. The molecule has 0 amide bonds. The molecule has 0 radical (unpaired) electrons. The molecule has 4 aromatic rings. The third kappa shape index (κ3) is 5.29. The van der Waals surface area contributed by atoms with Gasteiger partial charge in [0.2, 0.25) is 0 Å². The van der Waals surface area contributed by atoms with Crippen molar-refractivity contribution in [1.82, 2.24) is 0 Å². The molecule has 35 heavy (non-hydrogen) atoms. The first-order chi connectivity index (χ1) is 16.8. The Hall–Kier alpha value is -3.48. The number of aryl methyl sites for hydroxylation is 1. The van der Waals surface area contributed by atoms with Gasteiger partial charge in [0.1, 0.15) is 17.5 Å². The van der Waals surface area contributed by atoms with E-state index < -0.39 is 41.2 Å². The summed E-state index contributed by atoms with van der Waals surface area (Å²) in [5, 5.41) is 1.03. The fraction of sp³-hybridized carbons (Fsp3) is 0.214. The lowest BCUT2D eigenvalue weighted by atomic mass is 9.95. The molecule has 182 valence electrons. The summed E-state index contributed by atoms with van der Waals surface area (Å²) in [7, 11) is 0. The molecular weight excluding hydrogens is 466 g/mol. The largest absolute Gasteiger partial charge is 0.432 e. The van der Waals surface area contributed by atoms with E-state index in [1.165, 1.54) is 6.07 Å². The van der Waals surface area contributed by atoms with Crippen LogP contribution in [0.5, 0.6) is 5.75 Å². The normalized spacial score (nSPS) is 11.4. The van der Waals surface area contributed by atoms with Crippen molar-refractivity contribution in [2.24, 2.45) is 0 Å². The first kappa shape index (κ1) is 24.6. The standard InChI is InChI=1S/C28H22F6O/c1-2-3-4-5-16-6-9-20-17(12-16)7-10-21(27(20)32)19-14-23(30)26(24(31)15-19)18-8-11-25(22(29)13-18)35-28(33)34/h6-15,28H,2-5H2,1H3. The van der Waals surface area contributed by atoms with E-state index in [0.29, 0.717) is 16.8 Å². The molecule has 0 saturated heterocycles. The highest BCUT2D eigenvalue weighted by atomic mass is 19.3. The fourth-order valence-electron chi connectivity index (χ4n) is 4.15. The van der Waals surface area contributed by atoms with Gasteiger partial charge in [-0.1, -0.05) is 56.2 Å². The van der Waals surface area contributed by atoms with Crippen LogP contribution >= 0.6 is 0 Å². The van der Waals surface area contributed by atoms with Crippen LogP contribution in [0.1, 0.15) is 31.7 Å². The second kappa shape index (κ2) is 10.4. The topological polar surface area (TPSA) is 9.23 Å². The number of hydrogen-bond acceptors (Lipinski definition) is 1. The van der Waals surface area contributed by atoms with E-state index in [9.17, 15) is 22.0 Å². The summed E-state index contributed by atoms with van der Waals surface area (Å²) in [5.41, 5.74) is 0.326. The summed E-state index contributed by atoms with van der Waals surface area (Å²) in [6, 6.07) is 13.2. The minimum Gasteiger partial charge on any atom is -0.432 e. The van der Waals surface area contributed by atoms with Gasteiger partial charge in [-0.2, -0.15) is 8.78 Å². The van der Waals surface area contributed by atoms with Crippen LogP contribution in [-0.2, 0) is 6.42 Å². The molecule has 7 heteroatoms. The number of ether oxygens (including phenoxy) is 1. The second-order valence-electron chi connectivity index (χ2n) is 8.28. The predicted molar refractivity (Wildman–Crippen MR) is 125 cm³/mol. The Morgan fingerprint density at radius 3 is 2.11 bits per heavy atom. The van der Waals surface area contributed by atoms with Gasteiger partial charge in [-0.25, -0.2) is 17.6 Å². The molecular formula is C28H22F6O. The number of unbranched alkanes of at least 4 members (excludes halogenated alkanes) is 2. The molecule has 0 saturated carbocycles. The lowest BCUT2D eigenvalue weighted by Gasteiger charge is -2.12. The maximum atomic E-state index is 15.3. The van der Waals surface area contributed by atoms with Crippen LogP contribution in [0.25, 0.3) is 33.0 Å². The zero-order chi connectivity index (χ0) is 25.1. The highest BCUT2D eigenvalue weighted by Gasteiger charge is 2.19. The van der Waals surface area contributed by atoms with Gasteiger partial charge in [0.05, 0.1) is 5.56 Å². The maximum absolute atomic E-state index is 15.3. The van der Waals surface area contributed by atoms with E-state index in [4.69, 9.17) is 0 Å². The minimum atomic E-state index is -3.24. The van der Waals surface area contributed by atoms with Gasteiger partial charge in [-0.15, -0.1) is 0 Å². The van der Waals surface area contributed by atoms with Crippen molar-refractivity contribution in [3.05, 3.63) is 89.5 Å². The first-order valence-corrected chi connectivity index (χ1v) is 11.2. The monoisotopic (exact) mass is 488 g/mol. The van der Waals surface area contributed by atoms with E-state index >= 15 is 4.39 Å². The molecule has 0 aliphatic heterocycles. The fourth-order valence-corrected chi connectivity index (χ4v) is 4.15. The summed E-state index contributed by atoms with van der Waals surface area (Å²) in [5.74, 6) is -4.64. The van der Waals surface area contributed by atoms with Crippen molar-refractivity contribution in [1.29, 1.82) is 0 Å². The number of rotatable bonds is 8. The van der Waals surface area contributed by atoms with Crippen molar-refractivity contribution >= 4 is 10.8 Å². The lowest BCUT2D eigenvalue weighted by Crippen LogP contribution is -2.04. The van der Waals surface area contributed by atoms with Gasteiger partial charge in [-0.05, 0) is 59.2 Å². The van der Waals surface area contributed by atoms with Crippen LogP contribution < -0.4 is 4.74 Å². The van der Waals surface area contributed by atoms with Gasteiger partial charge in [-0.3, -0.25) is 0 Å². The van der Waals surface area contributed by atoms with Gasteiger partial charge in [0.15, 0.2) is 11.6 Å². The Morgan fingerprint density at radius 2 is 1.46 bits per heavy atom. The molecule has 1 nitrogen and oxygen atoms in total. The highest BCUT2D eigenvalue weighted by Crippen LogP contribution is 2.36. The molecule has 0 aromatic heterocycles. The van der Waals surface area contributed by atoms with Crippen LogP contribution in [0.2, 0.25) is 0 Å². The van der Waals surface area contributed by atoms with E-state index in [-0.39, 0.29) is 16.7 Å². The van der Waals surface area contributed by atoms with Crippen molar-refractivity contribution in [2.45, 2.75) is 39.2 Å². The molecule has 0 heterocycles. The van der Waals surface area contributed by atoms with Crippen LogP contribution in [0.15, 0.2) is 60.7 Å². The molecule has 0 fully saturated rings. The first-order valence-electron chi connectivity index (χ1n) is 11.2. The molecule has 0 spiro atoms. The number of halogens is 6. The summed E-state index contributed by atoms with van der Waals surface area (Å²) < 4.78 is 87.9. The molecule has 0 N–H and O–H groups in total. The average molecular weight is 488 g/mol. The maximum Gasteiger partial charge on any atom is 0.387 e. The van der Waals surface area contributed by atoms with Crippen molar-refractivity contribution in [2.75, 3.05) is 0 Å². The highest BCUT2D eigenvalue weighted by molar-refractivity contribution is 5.89. The van der Waals surface area contributed by atoms with Crippen LogP contribution in [0.4, 0.5) is 26.3 Å². The molecule has 0 atom stereocenters. The number of hydrogen-bond donors (Lipinski definition) is 0. The average Bonchev–Trinajstić information content (AvgIpc) is 2.80. The third-order valence-corrected chi connectivity index (χ3v) is 5.88. The van der Waals surface area contributed by atoms with Crippen LogP contribution in [0.3, 0.4) is 0 Å². The van der Waals surface area contributed by atoms with Gasteiger partial charge in [0, 0.05) is 10.9 Å². The molecule has 0 bridgehead atoms. The van der Waals surface area contributed by atoms with Crippen molar-refractivity contribution in [3.63, 3.8) is 0 Å². The number of fused-ring (bicyclic) bond motifs is 1. The summed E-state index contributed by atoms with van der Waals surface area (Å²) >= 11 is 0. The van der Waals surface area contributed by atoms with Crippen molar-refractivity contribution in [3.8, 4) is 28.0 Å². The quantitative estimate of drug-likeness (QED) is 0.178. The number of alkyl halides is 2. The van der Waals surface area contributed by atoms with E-state index in [1.807, 2.05) is 12.1 Å². The Labute approximate surface area is 199 Å². The molecule has 4 aromatic carbocycles. The third-order valence-electron chi connectivity index (χ3n) is 5.88. The summed E-state index contributed by atoms with van der Waals surface area (Å²) in [6.45, 7) is -1.12. The zero-order valence-corrected chi connectivity index (χ0v) is 18.9. The van der Waals surface area contributed by atoms with Crippen LogP contribution in [-0.4, -0.2) is 6.61 Å². The van der Waals surface area contributed by atoms with Gasteiger partial charge in [0.25, 0.3) is 0 Å². The zero-order valence-electron chi connectivity index (χ0n) is 18.9. The summed E-state index contributed by atoms with van der Waals surface area (Å²) in [6.07, 6.45) is 4.14. The van der Waals surface area contributed by atoms with Crippen LogP contribution in [0, 0.1) is 23.3 Å². The number of benzene rings is 4. The Kier molecular flexibility index (Phi) is 7.34. The molecule has 0 aliphatic rings. The van der Waals surface area contributed by atoms with E-state index in [1.54, 1.807) is 12.1 Å². The molecule has 0 aliphatic carbocycles. The lowest BCUT2D eigenvalue weighted by molar-refractivity contribution is -0.0521. The minimum absolute atomic E-state index is 0.0201.